The van der Waals surface area contributed by atoms with Crippen LogP contribution in [-0.2, 0) is 0 Å². The van der Waals surface area contributed by atoms with Crippen LogP contribution >= 0.6 is 31.9 Å². The van der Waals surface area contributed by atoms with E-state index in [0.29, 0.717) is 20.2 Å². The summed E-state index contributed by atoms with van der Waals surface area (Å²) < 4.78 is 1.29. The normalized spacial score (nSPS) is 11.8. The van der Waals surface area contributed by atoms with Crippen LogP contribution in [0.25, 0.3) is 27.8 Å². The summed E-state index contributed by atoms with van der Waals surface area (Å²) in [5.41, 5.74) is 8.33. The molecule has 0 unspecified atom stereocenters. The fourth-order valence-corrected chi connectivity index (χ4v) is 5.51. The van der Waals surface area contributed by atoms with Crippen LogP contribution in [0.1, 0.15) is 29.2 Å². The van der Waals surface area contributed by atoms with E-state index in [4.69, 9.17) is 5.41 Å². The Balaban J connectivity index is 1.67. The second-order valence-corrected chi connectivity index (χ2v) is 10.7. The number of rotatable bonds is 6. The summed E-state index contributed by atoms with van der Waals surface area (Å²) in [6.07, 6.45) is 5.59. The van der Waals surface area contributed by atoms with Gasteiger partial charge in [-0.05, 0) is 116 Å². The summed E-state index contributed by atoms with van der Waals surface area (Å²) in [5.74, 6) is 0.374. The topological polar surface area (TPSA) is 64.3 Å². The Bertz CT molecular complexity index is 1570. The molecule has 0 aliphatic rings. The number of nitrogens with one attached hydrogen (secondary N) is 1. The number of phenols is 2. The molecule has 0 saturated carbocycles. The molecular weight excluding hydrogens is 590 g/mol. The molecule has 0 radical (unpaired) electrons. The molecule has 0 bridgehead atoms. The van der Waals surface area contributed by atoms with Crippen molar-refractivity contribution in [3.63, 3.8) is 0 Å². The minimum Gasteiger partial charge on any atom is -0.506 e. The maximum Gasteiger partial charge on any atom is 0.137 e. The molecule has 4 aromatic rings. The van der Waals surface area contributed by atoms with Crippen LogP contribution in [0.15, 0.2) is 100.0 Å². The summed E-state index contributed by atoms with van der Waals surface area (Å²) in [6, 6.07) is 23.3. The molecule has 3 nitrogen and oxygen atoms in total. The van der Waals surface area contributed by atoms with Crippen molar-refractivity contribution < 1.29 is 10.2 Å². The molecule has 37 heavy (non-hydrogen) atoms. The van der Waals surface area contributed by atoms with Gasteiger partial charge in [-0.25, -0.2) is 0 Å². The Morgan fingerprint density at radius 2 is 1.16 bits per heavy atom. The number of hydrogen-bond donors (Lipinski definition) is 3. The van der Waals surface area contributed by atoms with Gasteiger partial charge in [-0.3, -0.25) is 0 Å². The van der Waals surface area contributed by atoms with E-state index >= 15 is 0 Å². The highest BCUT2D eigenvalue weighted by atomic mass is 79.9. The molecule has 0 aliphatic heterocycles. The van der Waals surface area contributed by atoms with E-state index in [1.54, 1.807) is 6.08 Å². The minimum absolute atomic E-state index is 0.160. The third-order valence-corrected chi connectivity index (χ3v) is 7.38. The van der Waals surface area contributed by atoms with Gasteiger partial charge in [-0.2, -0.15) is 0 Å². The average Bonchev–Trinajstić information content (AvgIpc) is 2.88. The van der Waals surface area contributed by atoms with Crippen molar-refractivity contribution in [2.75, 3.05) is 0 Å². The van der Waals surface area contributed by atoms with Gasteiger partial charge in [0, 0.05) is 16.7 Å². The van der Waals surface area contributed by atoms with Crippen molar-refractivity contribution in [3.05, 3.63) is 122 Å². The number of benzene rings is 4. The van der Waals surface area contributed by atoms with Gasteiger partial charge in [0.15, 0.2) is 0 Å². The SMILES string of the molecule is C/C(=C\C=C/C(=N)c1ccccc1-c1cc(C)cc(Br)c1O)c1ccccc1-c1cc(C)cc(Br)c1O. The Morgan fingerprint density at radius 3 is 1.70 bits per heavy atom. The Hall–Kier alpha value is -3.41. The molecule has 3 N–H and O–H groups in total. The number of allylic oxidation sites excluding steroid dienone is 4. The van der Waals surface area contributed by atoms with Gasteiger partial charge < -0.3 is 15.6 Å². The number of phenolic OH excluding ortho intramolecular Hbond substituents is 2. The highest BCUT2D eigenvalue weighted by molar-refractivity contribution is 9.11. The summed E-state index contributed by atoms with van der Waals surface area (Å²) >= 11 is 6.88. The molecular formula is C32H27Br2NO2. The fourth-order valence-electron chi connectivity index (χ4n) is 4.36. The van der Waals surface area contributed by atoms with Crippen molar-refractivity contribution in [2.24, 2.45) is 0 Å². The van der Waals surface area contributed by atoms with Gasteiger partial charge in [-0.15, -0.1) is 0 Å². The molecule has 0 aliphatic carbocycles. The lowest BCUT2D eigenvalue weighted by atomic mass is 9.93. The molecule has 0 spiro atoms. The highest BCUT2D eigenvalue weighted by Crippen LogP contribution is 2.40. The van der Waals surface area contributed by atoms with Crippen LogP contribution < -0.4 is 0 Å². The predicted octanol–water partition coefficient (Wildman–Crippen LogP) is 9.60. The minimum atomic E-state index is 0.160. The lowest BCUT2D eigenvalue weighted by Crippen LogP contribution is -1.98. The monoisotopic (exact) mass is 615 g/mol. The summed E-state index contributed by atoms with van der Waals surface area (Å²) in [7, 11) is 0. The first-order chi connectivity index (χ1) is 17.7. The first-order valence-electron chi connectivity index (χ1n) is 11.8. The predicted molar refractivity (Wildman–Crippen MR) is 162 cm³/mol. The third kappa shape index (κ3) is 5.79. The van der Waals surface area contributed by atoms with Gasteiger partial charge >= 0.3 is 0 Å². The molecule has 4 aromatic carbocycles. The van der Waals surface area contributed by atoms with E-state index in [1.165, 1.54) is 0 Å². The number of halogens is 2. The van der Waals surface area contributed by atoms with Gasteiger partial charge in [-0.1, -0.05) is 60.7 Å². The van der Waals surface area contributed by atoms with Crippen LogP contribution in [0.3, 0.4) is 0 Å². The Labute approximate surface area is 234 Å². The third-order valence-electron chi connectivity index (χ3n) is 6.17. The molecule has 0 amide bonds. The van der Waals surface area contributed by atoms with Crippen molar-refractivity contribution in [1.82, 2.24) is 0 Å². The summed E-state index contributed by atoms with van der Waals surface area (Å²) in [4.78, 5) is 0. The summed E-state index contributed by atoms with van der Waals surface area (Å²) in [5, 5.41) is 30.1. The molecule has 4 rings (SSSR count). The highest BCUT2D eigenvalue weighted by Gasteiger charge is 2.15. The quantitative estimate of drug-likeness (QED) is 0.149. The van der Waals surface area contributed by atoms with E-state index in [9.17, 15) is 10.2 Å². The zero-order chi connectivity index (χ0) is 26.7. The molecule has 0 aromatic heterocycles. The molecule has 0 atom stereocenters. The van der Waals surface area contributed by atoms with E-state index in [1.807, 2.05) is 106 Å². The first kappa shape index (κ1) is 26.6. The van der Waals surface area contributed by atoms with Crippen molar-refractivity contribution >= 4 is 43.1 Å². The van der Waals surface area contributed by atoms with E-state index in [0.717, 1.165) is 44.5 Å². The largest absolute Gasteiger partial charge is 0.506 e. The van der Waals surface area contributed by atoms with Gasteiger partial charge in [0.1, 0.15) is 11.5 Å². The van der Waals surface area contributed by atoms with Crippen LogP contribution in [0.4, 0.5) is 0 Å². The van der Waals surface area contributed by atoms with Crippen LogP contribution in [0.5, 0.6) is 11.5 Å². The molecule has 0 saturated heterocycles. The second kappa shape index (κ2) is 11.3. The van der Waals surface area contributed by atoms with Crippen molar-refractivity contribution in [2.45, 2.75) is 20.8 Å². The van der Waals surface area contributed by atoms with E-state index in [2.05, 4.69) is 31.9 Å². The lowest BCUT2D eigenvalue weighted by Gasteiger charge is -2.14. The van der Waals surface area contributed by atoms with Crippen LogP contribution in [0.2, 0.25) is 0 Å². The maximum atomic E-state index is 10.7. The van der Waals surface area contributed by atoms with Gasteiger partial charge in [0.2, 0.25) is 0 Å². The van der Waals surface area contributed by atoms with E-state index in [-0.39, 0.29) is 11.5 Å². The first-order valence-corrected chi connectivity index (χ1v) is 13.4. The zero-order valence-electron chi connectivity index (χ0n) is 20.8. The van der Waals surface area contributed by atoms with Gasteiger partial charge in [0.05, 0.1) is 14.7 Å². The summed E-state index contributed by atoms with van der Waals surface area (Å²) in [6.45, 7) is 5.99. The maximum absolute atomic E-state index is 10.7. The Morgan fingerprint density at radius 1 is 0.703 bits per heavy atom. The second-order valence-electron chi connectivity index (χ2n) is 9.00. The van der Waals surface area contributed by atoms with Crippen molar-refractivity contribution in [1.29, 1.82) is 5.41 Å². The number of hydrogen-bond acceptors (Lipinski definition) is 3. The molecule has 186 valence electrons. The lowest BCUT2D eigenvalue weighted by molar-refractivity contribution is 0.473. The fraction of sp³-hybridized carbons (Fsp3) is 0.0938. The zero-order valence-corrected chi connectivity index (χ0v) is 24.0. The Kier molecular flexibility index (Phi) is 8.16. The smallest absolute Gasteiger partial charge is 0.137 e. The molecule has 0 fully saturated rings. The van der Waals surface area contributed by atoms with Crippen molar-refractivity contribution in [3.8, 4) is 33.8 Å². The van der Waals surface area contributed by atoms with Crippen LogP contribution in [0, 0.1) is 19.3 Å². The molecule has 5 heteroatoms. The number of aryl methyl sites for hydroxylation is 2. The number of aromatic hydroxyl groups is 2. The van der Waals surface area contributed by atoms with Gasteiger partial charge in [0.25, 0.3) is 0 Å². The molecule has 0 heterocycles. The standard InChI is InChI=1S/C32H27Br2NO2/c1-19-15-26(31(36)28(33)17-19)23-11-5-4-10-22(23)21(3)9-8-14-30(35)25-13-7-6-12-24(25)27-16-20(2)18-29(34)32(27)37/h4-18,35-37H,1-3H3/b14-8-,21-9+,35-30?. The van der Waals surface area contributed by atoms with Crippen LogP contribution in [-0.4, -0.2) is 15.9 Å². The average molecular weight is 617 g/mol. The van der Waals surface area contributed by atoms with E-state index < -0.39 is 0 Å².